The fraction of sp³-hybridized carbons (Fsp3) is 0.400. The molecular formula is C30H34N2O3S. The van der Waals surface area contributed by atoms with Gasteiger partial charge in [0.05, 0.1) is 12.1 Å². The molecule has 0 aliphatic carbocycles. The van der Waals surface area contributed by atoms with Crippen LogP contribution in [0, 0.1) is 6.92 Å². The van der Waals surface area contributed by atoms with Crippen molar-refractivity contribution >= 4 is 23.2 Å². The predicted octanol–water partition coefficient (Wildman–Crippen LogP) is 5.41. The van der Waals surface area contributed by atoms with Crippen LogP contribution < -0.4 is 0 Å². The Kier molecular flexibility index (Phi) is 7.54. The third kappa shape index (κ3) is 5.11. The predicted molar refractivity (Wildman–Crippen MR) is 143 cm³/mol. The van der Waals surface area contributed by atoms with Gasteiger partial charge in [-0.15, -0.1) is 11.3 Å². The summed E-state index contributed by atoms with van der Waals surface area (Å²) in [5, 5.41) is 2.12. The maximum Gasteiger partial charge on any atom is 0.254 e. The molecule has 188 valence electrons. The van der Waals surface area contributed by atoms with Crippen LogP contribution in [0.1, 0.15) is 63.3 Å². The minimum atomic E-state index is -0.128. The highest BCUT2D eigenvalue weighted by atomic mass is 32.1. The number of amides is 2. The second-order valence-corrected chi connectivity index (χ2v) is 10.8. The Morgan fingerprint density at radius 3 is 2.61 bits per heavy atom. The van der Waals surface area contributed by atoms with Gasteiger partial charge in [0.25, 0.3) is 5.91 Å². The lowest BCUT2D eigenvalue weighted by Crippen LogP contribution is -2.48. The molecular weight excluding hydrogens is 468 g/mol. The highest BCUT2D eigenvalue weighted by Crippen LogP contribution is 2.39. The van der Waals surface area contributed by atoms with E-state index in [0.717, 1.165) is 31.2 Å². The van der Waals surface area contributed by atoms with Crippen LogP contribution in [0.4, 0.5) is 0 Å². The summed E-state index contributed by atoms with van der Waals surface area (Å²) in [7, 11) is 0. The first-order chi connectivity index (χ1) is 17.5. The number of carbonyl (C=O) groups excluding carboxylic acids is 2. The molecule has 2 unspecified atom stereocenters. The monoisotopic (exact) mass is 502 g/mol. The summed E-state index contributed by atoms with van der Waals surface area (Å²) in [6, 6.07) is 18.1. The van der Waals surface area contributed by atoms with E-state index in [1.54, 1.807) is 16.2 Å². The topological polar surface area (TPSA) is 49.9 Å². The first kappa shape index (κ1) is 24.7. The summed E-state index contributed by atoms with van der Waals surface area (Å²) in [4.78, 5) is 32.6. The number of hydrogen-bond acceptors (Lipinski definition) is 4. The lowest BCUT2D eigenvalue weighted by molar-refractivity contribution is -0.134. The van der Waals surface area contributed by atoms with Crippen LogP contribution in [0.25, 0.3) is 0 Å². The second-order valence-electron chi connectivity index (χ2n) is 9.77. The quantitative estimate of drug-likeness (QED) is 0.434. The van der Waals surface area contributed by atoms with Crippen LogP contribution in [0.3, 0.4) is 0 Å². The molecule has 2 amide bonds. The molecule has 2 aliphatic rings. The Bertz CT molecular complexity index is 1210. The highest BCUT2D eigenvalue weighted by Gasteiger charge is 2.35. The molecule has 6 heteroatoms. The molecule has 3 heterocycles. The second kappa shape index (κ2) is 11.0. The maximum atomic E-state index is 13.9. The Morgan fingerprint density at radius 2 is 1.89 bits per heavy atom. The van der Waals surface area contributed by atoms with Gasteiger partial charge in [0, 0.05) is 30.1 Å². The van der Waals surface area contributed by atoms with Crippen molar-refractivity contribution in [2.24, 2.45) is 0 Å². The number of carbonyl (C=O) groups is 2. The van der Waals surface area contributed by atoms with Crippen molar-refractivity contribution in [2.75, 3.05) is 26.2 Å². The van der Waals surface area contributed by atoms with E-state index in [1.165, 1.54) is 21.6 Å². The first-order valence-corrected chi connectivity index (χ1v) is 13.8. The van der Waals surface area contributed by atoms with E-state index < -0.39 is 0 Å². The number of ether oxygens (including phenoxy) is 1. The van der Waals surface area contributed by atoms with E-state index in [9.17, 15) is 9.59 Å². The van der Waals surface area contributed by atoms with E-state index in [2.05, 4.69) is 37.4 Å². The molecule has 0 spiro atoms. The lowest BCUT2D eigenvalue weighted by Gasteiger charge is -2.38. The van der Waals surface area contributed by atoms with Gasteiger partial charge in [0.1, 0.15) is 6.54 Å². The van der Waals surface area contributed by atoms with Crippen molar-refractivity contribution in [3.05, 3.63) is 92.7 Å². The van der Waals surface area contributed by atoms with Gasteiger partial charge >= 0.3 is 0 Å². The fourth-order valence-electron chi connectivity index (χ4n) is 5.39. The van der Waals surface area contributed by atoms with Crippen molar-refractivity contribution in [2.45, 2.75) is 51.7 Å². The van der Waals surface area contributed by atoms with E-state index in [1.807, 2.05) is 41.3 Å². The Balaban J connectivity index is 1.42. The maximum absolute atomic E-state index is 13.9. The summed E-state index contributed by atoms with van der Waals surface area (Å²) >= 11 is 1.76. The third-order valence-corrected chi connectivity index (χ3v) is 8.44. The van der Waals surface area contributed by atoms with Gasteiger partial charge in [-0.2, -0.15) is 0 Å². The van der Waals surface area contributed by atoms with Crippen molar-refractivity contribution in [3.63, 3.8) is 0 Å². The molecule has 3 aromatic rings. The molecule has 0 N–H and O–H groups in total. The molecule has 0 radical (unpaired) electrons. The van der Waals surface area contributed by atoms with Crippen LogP contribution in [-0.4, -0.2) is 54.0 Å². The zero-order valence-electron chi connectivity index (χ0n) is 21.1. The van der Waals surface area contributed by atoms with E-state index in [4.69, 9.17) is 4.74 Å². The lowest BCUT2D eigenvalue weighted by atomic mass is 9.90. The average Bonchev–Trinajstić information content (AvgIpc) is 3.60. The number of fused-ring (bicyclic) bond motifs is 1. The van der Waals surface area contributed by atoms with Crippen molar-refractivity contribution in [3.8, 4) is 0 Å². The van der Waals surface area contributed by atoms with Gasteiger partial charge in [0.2, 0.25) is 5.91 Å². The van der Waals surface area contributed by atoms with Crippen molar-refractivity contribution < 1.29 is 14.3 Å². The highest BCUT2D eigenvalue weighted by molar-refractivity contribution is 7.10. The molecule has 1 fully saturated rings. The standard InChI is InChI=1S/C30H34N2O3S/c1-3-22-10-12-23(13-11-22)30(34)31(19-24-8-6-17-35-24)20-28(33)32-16-14-27-26(15-18-36-27)29(32)25-9-5-4-7-21(25)2/h4-5,7,9-13,15,18,24,29H,3,6,8,14,16-17,19-20H2,1-2H3. The van der Waals surface area contributed by atoms with Gasteiger partial charge in [-0.05, 0) is 78.4 Å². The minimum Gasteiger partial charge on any atom is -0.376 e. The zero-order chi connectivity index (χ0) is 25.1. The van der Waals surface area contributed by atoms with Gasteiger partial charge in [-0.3, -0.25) is 9.59 Å². The Morgan fingerprint density at radius 1 is 1.08 bits per heavy atom. The summed E-state index contributed by atoms with van der Waals surface area (Å²) < 4.78 is 5.86. The molecule has 36 heavy (non-hydrogen) atoms. The molecule has 2 aromatic carbocycles. The van der Waals surface area contributed by atoms with Gasteiger partial charge in [-0.1, -0.05) is 43.3 Å². The Labute approximate surface area is 217 Å². The van der Waals surface area contributed by atoms with Crippen LogP contribution in [-0.2, 0) is 22.4 Å². The zero-order valence-corrected chi connectivity index (χ0v) is 21.9. The van der Waals surface area contributed by atoms with E-state index in [0.29, 0.717) is 25.3 Å². The summed E-state index contributed by atoms with van der Waals surface area (Å²) in [6.45, 7) is 6.06. The van der Waals surface area contributed by atoms with Gasteiger partial charge in [0.15, 0.2) is 0 Å². The van der Waals surface area contributed by atoms with Crippen LogP contribution in [0.2, 0.25) is 0 Å². The normalized spacial score (nSPS) is 19.2. The van der Waals surface area contributed by atoms with Gasteiger partial charge in [-0.25, -0.2) is 0 Å². The number of thiophene rings is 1. The molecule has 1 saturated heterocycles. The number of aryl methyl sites for hydroxylation is 2. The molecule has 5 nitrogen and oxygen atoms in total. The van der Waals surface area contributed by atoms with Crippen molar-refractivity contribution in [1.82, 2.24) is 9.80 Å². The van der Waals surface area contributed by atoms with Gasteiger partial charge < -0.3 is 14.5 Å². The molecule has 5 rings (SSSR count). The molecule has 2 atom stereocenters. The largest absolute Gasteiger partial charge is 0.376 e. The number of hydrogen-bond donors (Lipinski definition) is 0. The van der Waals surface area contributed by atoms with Crippen molar-refractivity contribution in [1.29, 1.82) is 0 Å². The summed E-state index contributed by atoms with van der Waals surface area (Å²) in [6.07, 6.45) is 3.66. The minimum absolute atomic E-state index is 0.0170. The molecule has 0 saturated carbocycles. The van der Waals surface area contributed by atoms with Crippen LogP contribution in [0.5, 0.6) is 0 Å². The summed E-state index contributed by atoms with van der Waals surface area (Å²) in [5.41, 5.74) is 5.34. The SMILES string of the molecule is CCc1ccc(C(=O)N(CC(=O)N2CCc3sccc3C2c2ccccc2C)CC2CCCO2)cc1. The first-order valence-electron chi connectivity index (χ1n) is 13.0. The number of benzene rings is 2. The fourth-order valence-corrected chi connectivity index (χ4v) is 6.29. The molecule has 1 aromatic heterocycles. The average molecular weight is 503 g/mol. The third-order valence-electron chi connectivity index (χ3n) is 7.44. The van der Waals surface area contributed by atoms with Crippen LogP contribution in [0.15, 0.2) is 60.0 Å². The summed E-state index contributed by atoms with van der Waals surface area (Å²) in [5.74, 6) is -0.126. The molecule has 2 aliphatic heterocycles. The number of rotatable bonds is 7. The smallest absolute Gasteiger partial charge is 0.254 e. The number of nitrogens with zero attached hydrogens (tertiary/aromatic N) is 2. The van der Waals surface area contributed by atoms with E-state index >= 15 is 0 Å². The van der Waals surface area contributed by atoms with E-state index in [-0.39, 0.29) is 30.5 Å². The van der Waals surface area contributed by atoms with Crippen LogP contribution >= 0.6 is 11.3 Å². The molecule has 0 bridgehead atoms. The Hall–Kier alpha value is -2.96.